The van der Waals surface area contributed by atoms with Crippen LogP contribution in [0, 0.1) is 0 Å². The van der Waals surface area contributed by atoms with Crippen LogP contribution in [0.15, 0.2) is 53.4 Å². The summed E-state index contributed by atoms with van der Waals surface area (Å²) in [6.45, 7) is 3.87. The molecule has 7 nitrogen and oxygen atoms in total. The summed E-state index contributed by atoms with van der Waals surface area (Å²) in [7, 11) is -3.90. The number of ether oxygens (including phenoxy) is 1. The van der Waals surface area contributed by atoms with Gasteiger partial charge in [0.05, 0.1) is 22.5 Å². The minimum Gasteiger partial charge on any atom is -0.465 e. The topological polar surface area (TPSA) is 101 Å². The van der Waals surface area contributed by atoms with E-state index >= 15 is 0 Å². The number of sulfonamides is 1. The van der Waals surface area contributed by atoms with Crippen LogP contribution in [0.1, 0.15) is 33.1 Å². The van der Waals surface area contributed by atoms with Gasteiger partial charge in [-0.3, -0.25) is 4.79 Å². The number of carbonyl (C=O) groups is 1. The molecule has 154 valence electrons. The third-order valence-electron chi connectivity index (χ3n) is 4.53. The van der Waals surface area contributed by atoms with Crippen LogP contribution in [0.4, 0.5) is 0 Å². The molecule has 0 aliphatic heterocycles. The van der Waals surface area contributed by atoms with Crippen molar-refractivity contribution in [3.8, 4) is 11.4 Å². The van der Waals surface area contributed by atoms with Crippen molar-refractivity contribution in [2.45, 2.75) is 44.0 Å². The number of aromatic amines is 1. The number of fused-ring (bicyclic) bond motifs is 1. The lowest BCUT2D eigenvalue weighted by Crippen LogP contribution is -2.41. The van der Waals surface area contributed by atoms with E-state index in [-0.39, 0.29) is 11.5 Å². The monoisotopic (exact) mass is 415 g/mol. The Morgan fingerprint density at radius 3 is 2.62 bits per heavy atom. The summed E-state index contributed by atoms with van der Waals surface area (Å²) in [4.78, 5) is 19.9. The summed E-state index contributed by atoms with van der Waals surface area (Å²) < 4.78 is 33.3. The molecule has 1 unspecified atom stereocenters. The second-order valence-corrected chi connectivity index (χ2v) is 8.41. The molecule has 0 amide bonds. The molecule has 3 aromatic rings. The van der Waals surface area contributed by atoms with Crippen molar-refractivity contribution in [2.24, 2.45) is 0 Å². The van der Waals surface area contributed by atoms with E-state index in [0.29, 0.717) is 29.7 Å². The van der Waals surface area contributed by atoms with Gasteiger partial charge in [0.2, 0.25) is 10.0 Å². The molecule has 0 aliphatic carbocycles. The third-order valence-corrected chi connectivity index (χ3v) is 6.00. The van der Waals surface area contributed by atoms with Crippen LogP contribution >= 0.6 is 0 Å². The molecule has 8 heteroatoms. The van der Waals surface area contributed by atoms with Crippen LogP contribution in [0.2, 0.25) is 0 Å². The Bertz CT molecular complexity index is 1080. The van der Waals surface area contributed by atoms with Crippen molar-refractivity contribution in [1.29, 1.82) is 0 Å². The number of unbranched alkanes of at least 4 members (excludes halogenated alkanes) is 1. The number of hydrogen-bond donors (Lipinski definition) is 2. The first kappa shape index (κ1) is 21.0. The molecule has 0 aliphatic rings. The van der Waals surface area contributed by atoms with Crippen molar-refractivity contribution in [3.63, 3.8) is 0 Å². The highest BCUT2D eigenvalue weighted by Gasteiger charge is 2.26. The van der Waals surface area contributed by atoms with E-state index in [1.807, 2.05) is 37.3 Å². The van der Waals surface area contributed by atoms with Crippen molar-refractivity contribution in [2.75, 3.05) is 6.61 Å². The van der Waals surface area contributed by atoms with E-state index in [1.165, 1.54) is 12.1 Å². The van der Waals surface area contributed by atoms with E-state index in [4.69, 9.17) is 4.74 Å². The first-order valence-corrected chi connectivity index (χ1v) is 11.2. The molecule has 2 N–H and O–H groups in total. The van der Waals surface area contributed by atoms with Crippen molar-refractivity contribution in [1.82, 2.24) is 14.7 Å². The van der Waals surface area contributed by atoms with E-state index in [0.717, 1.165) is 12.0 Å². The van der Waals surface area contributed by atoms with Crippen LogP contribution < -0.4 is 4.72 Å². The fraction of sp³-hybridized carbons (Fsp3) is 0.333. The zero-order valence-corrected chi connectivity index (χ0v) is 17.3. The summed E-state index contributed by atoms with van der Waals surface area (Å²) in [6.07, 6.45) is 1.95. The Morgan fingerprint density at radius 2 is 1.93 bits per heavy atom. The summed E-state index contributed by atoms with van der Waals surface area (Å²) >= 11 is 0. The average molecular weight is 416 g/mol. The Kier molecular flexibility index (Phi) is 6.66. The quantitative estimate of drug-likeness (QED) is 0.520. The van der Waals surface area contributed by atoms with Gasteiger partial charge < -0.3 is 9.72 Å². The van der Waals surface area contributed by atoms with Gasteiger partial charge in [-0.1, -0.05) is 50.1 Å². The van der Waals surface area contributed by atoms with E-state index in [2.05, 4.69) is 14.7 Å². The number of H-pyrrole nitrogens is 1. The predicted octanol–water partition coefficient (Wildman–Crippen LogP) is 3.63. The molecule has 0 fully saturated rings. The second kappa shape index (κ2) is 9.19. The van der Waals surface area contributed by atoms with E-state index in [1.54, 1.807) is 13.0 Å². The number of aromatic nitrogens is 2. The largest absolute Gasteiger partial charge is 0.465 e. The minimum absolute atomic E-state index is 0.0686. The molecule has 1 heterocycles. The molecule has 1 aromatic heterocycles. The number of nitrogens with one attached hydrogen (secondary N) is 2. The molecule has 0 spiro atoms. The summed E-state index contributed by atoms with van der Waals surface area (Å²) in [6, 6.07) is 13.4. The van der Waals surface area contributed by atoms with Gasteiger partial charge in [-0.05, 0) is 31.5 Å². The Hall–Kier alpha value is -2.71. The average Bonchev–Trinajstić information content (AvgIpc) is 3.15. The third kappa shape index (κ3) is 5.02. The fourth-order valence-corrected chi connectivity index (χ4v) is 4.26. The molecule has 0 radical (unpaired) electrons. The highest BCUT2D eigenvalue weighted by atomic mass is 32.2. The first-order chi connectivity index (χ1) is 13.9. The Balaban J connectivity index is 1.88. The van der Waals surface area contributed by atoms with Crippen LogP contribution in [-0.2, 0) is 19.6 Å². The first-order valence-electron chi connectivity index (χ1n) is 9.68. The molecule has 1 atom stereocenters. The summed E-state index contributed by atoms with van der Waals surface area (Å²) in [5.74, 6) is 0.106. The number of rotatable bonds is 9. The second-order valence-electron chi connectivity index (χ2n) is 6.70. The standard InChI is InChI=1S/C21H25N3O4S/c1-3-5-11-18(21(25)28-4-2)24-29(26,27)16-12-13-17-19(14-16)23-20(22-17)15-9-7-6-8-10-15/h6-10,12-14,18,24H,3-5,11H2,1-2H3,(H,22,23). The SMILES string of the molecule is CCCCC(NS(=O)(=O)c1ccc2nc(-c3ccccc3)[nH]c2c1)C(=O)OCC. The maximum atomic E-state index is 12.9. The zero-order chi connectivity index (χ0) is 20.9. The molecule has 0 saturated heterocycles. The van der Waals surface area contributed by atoms with Gasteiger partial charge >= 0.3 is 5.97 Å². The molecule has 3 rings (SSSR count). The van der Waals surface area contributed by atoms with Gasteiger partial charge in [0.25, 0.3) is 0 Å². The zero-order valence-electron chi connectivity index (χ0n) is 16.5. The molecule has 29 heavy (non-hydrogen) atoms. The fourth-order valence-electron chi connectivity index (χ4n) is 3.02. The van der Waals surface area contributed by atoms with E-state index < -0.39 is 22.0 Å². The van der Waals surface area contributed by atoms with Crippen LogP contribution in [0.3, 0.4) is 0 Å². The minimum atomic E-state index is -3.90. The number of carbonyl (C=O) groups excluding carboxylic acids is 1. The maximum Gasteiger partial charge on any atom is 0.324 e. The molecule has 0 bridgehead atoms. The normalized spacial score (nSPS) is 12.8. The van der Waals surface area contributed by atoms with Gasteiger partial charge in [-0.15, -0.1) is 0 Å². The number of nitrogens with zero attached hydrogens (tertiary/aromatic N) is 1. The van der Waals surface area contributed by atoms with Crippen LogP contribution in [0.25, 0.3) is 22.4 Å². The van der Waals surface area contributed by atoms with Gasteiger partial charge in [-0.2, -0.15) is 4.72 Å². The molecular weight excluding hydrogens is 390 g/mol. The van der Waals surface area contributed by atoms with Gasteiger partial charge in [0.15, 0.2) is 0 Å². The lowest BCUT2D eigenvalue weighted by Gasteiger charge is -2.17. The highest BCUT2D eigenvalue weighted by molar-refractivity contribution is 7.89. The summed E-state index contributed by atoms with van der Waals surface area (Å²) in [5.41, 5.74) is 2.18. The number of benzene rings is 2. The van der Waals surface area contributed by atoms with Crippen molar-refractivity contribution < 1.29 is 17.9 Å². The molecular formula is C21H25N3O4S. The smallest absolute Gasteiger partial charge is 0.324 e. The van der Waals surface area contributed by atoms with Crippen LogP contribution in [0.5, 0.6) is 0 Å². The Morgan fingerprint density at radius 1 is 1.17 bits per heavy atom. The molecule has 2 aromatic carbocycles. The maximum absolute atomic E-state index is 12.9. The van der Waals surface area contributed by atoms with E-state index in [9.17, 15) is 13.2 Å². The molecule has 0 saturated carbocycles. The van der Waals surface area contributed by atoms with Crippen molar-refractivity contribution >= 4 is 27.0 Å². The number of imidazole rings is 1. The lowest BCUT2D eigenvalue weighted by molar-refractivity contribution is -0.145. The number of esters is 1. The van der Waals surface area contributed by atoms with Crippen molar-refractivity contribution in [3.05, 3.63) is 48.5 Å². The van der Waals surface area contributed by atoms with Gasteiger partial charge in [-0.25, -0.2) is 13.4 Å². The van der Waals surface area contributed by atoms with Crippen LogP contribution in [-0.4, -0.2) is 37.0 Å². The predicted molar refractivity (Wildman–Crippen MR) is 112 cm³/mol. The lowest BCUT2D eigenvalue weighted by atomic mass is 10.1. The summed E-state index contributed by atoms with van der Waals surface area (Å²) in [5, 5.41) is 0. The number of hydrogen-bond acceptors (Lipinski definition) is 5. The highest BCUT2D eigenvalue weighted by Crippen LogP contribution is 2.23. The van der Waals surface area contributed by atoms with Gasteiger partial charge in [0, 0.05) is 5.56 Å². The Labute approximate surface area is 170 Å². The van der Waals surface area contributed by atoms with Gasteiger partial charge in [0.1, 0.15) is 11.9 Å².